The van der Waals surface area contributed by atoms with Crippen molar-refractivity contribution in [2.75, 3.05) is 27.2 Å². The molecule has 1 aromatic carbocycles. The van der Waals surface area contributed by atoms with Crippen molar-refractivity contribution in [3.63, 3.8) is 0 Å². The van der Waals surface area contributed by atoms with Crippen LogP contribution in [0.5, 0.6) is 0 Å². The van der Waals surface area contributed by atoms with Gasteiger partial charge in [0.15, 0.2) is 12.2 Å². The second-order valence-electron chi connectivity index (χ2n) is 27.8. The van der Waals surface area contributed by atoms with Crippen LogP contribution in [0.1, 0.15) is 143 Å². The number of carboxylic acids is 4. The van der Waals surface area contributed by atoms with Gasteiger partial charge in [0, 0.05) is 50.5 Å². The molecule has 24 N–H and O–H groups in total. The molecule has 1 aliphatic rings. The van der Waals surface area contributed by atoms with Crippen LogP contribution in [0.25, 0.3) is 10.9 Å². The Balaban J connectivity index is 2.30. The van der Waals surface area contributed by atoms with Crippen LogP contribution in [0.15, 0.2) is 30.5 Å². The van der Waals surface area contributed by atoms with E-state index in [2.05, 4.69) is 43.8 Å². The van der Waals surface area contributed by atoms with Gasteiger partial charge >= 0.3 is 29.8 Å². The van der Waals surface area contributed by atoms with Gasteiger partial charge in [-0.15, -0.1) is 0 Å². The van der Waals surface area contributed by atoms with Crippen LogP contribution >= 0.6 is 0 Å². The third-order valence-electron chi connectivity index (χ3n) is 18.4. The molecule has 16 atom stereocenters. The van der Waals surface area contributed by atoms with Crippen molar-refractivity contribution in [1.29, 1.82) is 0 Å². The normalized spacial score (nSPS) is 22.0. The summed E-state index contributed by atoms with van der Waals surface area (Å²) in [4.78, 5) is 289. The Hall–Kier alpha value is -12.4. The first-order valence-corrected chi connectivity index (χ1v) is 37.0. The number of carbonyl (C=O) groups excluding carboxylic acids is 17. The number of amides is 16. The number of likely N-dealkylation sites (N-methyl/N-ethyl adjacent to an activating group) is 1. The fraction of sp³-hybridized carbons (Fsp3) is 0.592. The van der Waals surface area contributed by atoms with Crippen molar-refractivity contribution >= 4 is 135 Å². The highest BCUT2D eigenvalue weighted by Crippen LogP contribution is 2.22. The number of unbranched alkanes of at least 4 members (excludes halogenated alkanes) is 6. The third-order valence-corrected chi connectivity index (χ3v) is 18.4. The van der Waals surface area contributed by atoms with Crippen molar-refractivity contribution in [3.05, 3.63) is 36.0 Å². The van der Waals surface area contributed by atoms with Crippen molar-refractivity contribution in [3.8, 4) is 0 Å². The number of esters is 1. The summed E-state index contributed by atoms with van der Waals surface area (Å²) in [5.74, 6) is -33.6. The van der Waals surface area contributed by atoms with Gasteiger partial charge < -0.3 is 126 Å². The molecule has 1 saturated heterocycles. The van der Waals surface area contributed by atoms with Gasteiger partial charge in [0.25, 0.3) is 0 Å². The summed E-state index contributed by atoms with van der Waals surface area (Å²) in [6.45, 7) is 5.42. The largest absolute Gasteiger partial charge is 0.481 e. The molecule has 16 unspecified atom stereocenters. The van der Waals surface area contributed by atoms with Gasteiger partial charge in [0.1, 0.15) is 72.6 Å². The standard InChI is InChI=1S/C71H105N17O28/c1-9-11-12-13-14-15-16-21-46(91)78-40(25-36-29-75-38-20-18-17-19-37(36)38)62(104)80-39(22-23-49(94)95)61(103)86-55(57(100)59(74)101)68(110)85-54-35(6)116-71(114)53(32(3)10-2)84-67(109)52(33(4)24-50(96)97)83-64(106)41(26-44(72)89)79-47(92)30-76-66(108)56(58(115-8)70(112)113)87-65(107)42(27-45(73)90)82-63(105)43(28-51(98)99)81-60(102)34(5)77-48(93)31-88(7)69(54)111/h17-20,29,32-35,39-43,52-58,75,100H,9-16,21-28,30-31H2,1-8H3,(H2,72,89)(H2,73,90)(H2,74,101)(H,76,108)(H,77,93)(H,78,91)(H,79,92)(H,80,104)(H,81,102)(H,82,105)(H,83,106)(H,84,109)(H,85,110)(H,86,103)(H,87,107)(H,94,95)(H,96,97)(H,98,99)(H,112,113). The molecule has 116 heavy (non-hydrogen) atoms. The minimum Gasteiger partial charge on any atom is -0.481 e. The number of carboxylic acid groups (broad SMARTS) is 4. The molecule has 0 spiro atoms. The first kappa shape index (κ1) is 97.7. The third kappa shape index (κ3) is 32.2. The Morgan fingerprint density at radius 2 is 1.16 bits per heavy atom. The SMILES string of the molecule is CCCCCCCCCC(=O)NC(Cc1c[nH]c2ccccc12)C(=O)NC(CCC(=O)O)C(=O)NC(C(=O)NC1C(=O)N(C)CC(=O)NC(C)C(=O)NC(CC(=O)O)C(=O)NC(CC(N)=O)C(=O)NC(C(OC)C(=O)O)C(=O)NCC(=O)NC(CC(N)=O)C(=O)NC(C(C)CC(=O)O)C(=O)NC(C(C)CC)C(=O)OC1C)C(O)C(N)=O. The molecule has 0 radical (unpaired) electrons. The van der Waals surface area contributed by atoms with Crippen LogP contribution < -0.4 is 81.0 Å². The molecule has 1 aliphatic heterocycles. The fourth-order valence-corrected chi connectivity index (χ4v) is 11.8. The lowest BCUT2D eigenvalue weighted by molar-refractivity contribution is -0.159. The van der Waals surface area contributed by atoms with Crippen LogP contribution in [0.4, 0.5) is 0 Å². The highest BCUT2D eigenvalue weighted by atomic mass is 16.5. The minimum atomic E-state index is -2.82. The number of hydrogen-bond donors (Lipinski definition) is 21. The molecule has 642 valence electrons. The molecule has 2 aromatic rings. The average molecular weight is 1640 g/mol. The van der Waals surface area contributed by atoms with E-state index in [1.165, 1.54) is 13.8 Å². The Morgan fingerprint density at radius 3 is 1.73 bits per heavy atom. The van der Waals surface area contributed by atoms with Crippen molar-refractivity contribution in [1.82, 2.24) is 73.7 Å². The Morgan fingerprint density at radius 1 is 0.603 bits per heavy atom. The quantitative estimate of drug-likeness (QED) is 0.0223. The number of primary amides is 3. The molecule has 16 amide bonds. The number of para-hydroxylation sites is 1. The molecular weight excluding hydrogens is 1540 g/mol. The lowest BCUT2D eigenvalue weighted by Gasteiger charge is -2.33. The monoisotopic (exact) mass is 1640 g/mol. The van der Waals surface area contributed by atoms with Gasteiger partial charge in [-0.05, 0) is 50.2 Å². The number of aliphatic hydroxyl groups is 1. The number of nitrogens with one attached hydrogen (secondary N) is 13. The molecule has 1 aromatic heterocycles. The number of aromatic amines is 1. The van der Waals surface area contributed by atoms with E-state index in [0.29, 0.717) is 34.2 Å². The van der Waals surface area contributed by atoms with Crippen LogP contribution in [-0.2, 0) is 117 Å². The summed E-state index contributed by atoms with van der Waals surface area (Å²) >= 11 is 0. The summed E-state index contributed by atoms with van der Waals surface area (Å²) in [6, 6.07) is -16.7. The molecule has 1 fully saturated rings. The lowest BCUT2D eigenvalue weighted by Crippen LogP contribution is -2.64. The van der Waals surface area contributed by atoms with Crippen molar-refractivity contribution in [2.24, 2.45) is 29.0 Å². The number of fused-ring (bicyclic) bond motifs is 1. The topological polar surface area (TPSA) is 720 Å². The van der Waals surface area contributed by atoms with E-state index >= 15 is 0 Å². The zero-order valence-corrected chi connectivity index (χ0v) is 65.2. The molecule has 3 rings (SSSR count). The first-order valence-electron chi connectivity index (χ1n) is 37.0. The Kier molecular flexibility index (Phi) is 40.4. The zero-order valence-electron chi connectivity index (χ0n) is 65.2. The van der Waals surface area contributed by atoms with E-state index in [1.54, 1.807) is 30.5 Å². The number of benzene rings is 1. The fourth-order valence-electron chi connectivity index (χ4n) is 11.8. The van der Waals surface area contributed by atoms with Gasteiger partial charge in [-0.1, -0.05) is 90.8 Å². The number of hydrogen-bond acceptors (Lipinski definition) is 24. The minimum absolute atomic E-state index is 0.0301. The Labute approximate surface area is 663 Å². The van der Waals surface area contributed by atoms with Crippen molar-refractivity contribution in [2.45, 2.75) is 229 Å². The molecule has 45 heteroatoms. The summed E-state index contributed by atoms with van der Waals surface area (Å²) < 4.78 is 10.6. The lowest BCUT2D eigenvalue weighted by atomic mass is 9.94. The van der Waals surface area contributed by atoms with E-state index in [0.717, 1.165) is 67.0 Å². The summed E-state index contributed by atoms with van der Waals surface area (Å²) in [7, 11) is 1.60. The summed E-state index contributed by atoms with van der Waals surface area (Å²) in [5, 5.41) is 77.2. The van der Waals surface area contributed by atoms with Gasteiger partial charge in [-0.25, -0.2) is 9.59 Å². The van der Waals surface area contributed by atoms with Crippen molar-refractivity contribution < 1.29 is 136 Å². The van der Waals surface area contributed by atoms with E-state index in [1.807, 2.05) is 31.9 Å². The predicted octanol–water partition coefficient (Wildman–Crippen LogP) is -7.08. The maximum Gasteiger partial charge on any atom is 0.335 e. The molecule has 0 aliphatic carbocycles. The molecule has 0 bridgehead atoms. The summed E-state index contributed by atoms with van der Waals surface area (Å²) in [6.07, 6.45) is -6.42. The van der Waals surface area contributed by atoms with Crippen LogP contribution in [0.3, 0.4) is 0 Å². The van der Waals surface area contributed by atoms with Crippen LogP contribution in [0, 0.1) is 11.8 Å². The number of aromatic nitrogens is 1. The van der Waals surface area contributed by atoms with Gasteiger partial charge in [0.05, 0.1) is 38.8 Å². The highest BCUT2D eigenvalue weighted by Gasteiger charge is 2.44. The maximum atomic E-state index is 15.0. The second-order valence-corrected chi connectivity index (χ2v) is 27.8. The number of ether oxygens (including phenoxy) is 2. The number of carbonyl (C=O) groups is 21. The molecule has 45 nitrogen and oxygen atoms in total. The van der Waals surface area contributed by atoms with E-state index in [9.17, 15) is 126 Å². The average Bonchev–Trinajstić information content (AvgIpc) is 1.48. The number of nitrogens with two attached hydrogens (primary N) is 3. The number of methoxy groups -OCH3 is 1. The van der Waals surface area contributed by atoms with Gasteiger partial charge in [-0.3, -0.25) is 91.1 Å². The molecular formula is C71H105N17O28. The summed E-state index contributed by atoms with van der Waals surface area (Å²) in [5.41, 5.74) is 17.4. The predicted molar refractivity (Wildman–Crippen MR) is 399 cm³/mol. The zero-order chi connectivity index (χ0) is 87.5. The van der Waals surface area contributed by atoms with Gasteiger partial charge in [0.2, 0.25) is 94.5 Å². The van der Waals surface area contributed by atoms with E-state index in [4.69, 9.17) is 26.7 Å². The molecule has 0 saturated carbocycles. The van der Waals surface area contributed by atoms with Crippen LogP contribution in [0.2, 0.25) is 0 Å². The number of aliphatic carboxylic acids is 4. The van der Waals surface area contributed by atoms with Gasteiger partial charge in [-0.2, -0.15) is 0 Å². The number of rotatable bonds is 36. The number of H-pyrrole nitrogens is 1. The number of aliphatic hydroxyl groups excluding tert-OH is 1. The second kappa shape index (κ2) is 47.9. The van der Waals surface area contributed by atoms with Crippen LogP contribution in [-0.4, -0.2) is 272 Å². The molecule has 2 heterocycles. The Bertz CT molecular complexity index is 3930. The highest BCUT2D eigenvalue weighted by molar-refractivity contribution is 6.03. The first-order chi connectivity index (χ1) is 54.4. The number of nitrogens with zero attached hydrogens (tertiary/aromatic N) is 1. The van der Waals surface area contributed by atoms with E-state index < -0.39 is 273 Å². The smallest absolute Gasteiger partial charge is 0.335 e. The van der Waals surface area contributed by atoms with E-state index in [-0.39, 0.29) is 19.3 Å². The number of cyclic esters (lactones) is 1. The maximum absolute atomic E-state index is 15.0.